The Morgan fingerprint density at radius 3 is 2.24 bits per heavy atom. The zero-order valence-corrected chi connectivity index (χ0v) is 17.9. The summed E-state index contributed by atoms with van der Waals surface area (Å²) in [5.41, 5.74) is 1.38. The highest BCUT2D eigenvalue weighted by Crippen LogP contribution is 2.36. The van der Waals surface area contributed by atoms with Gasteiger partial charge in [0.15, 0.2) is 0 Å². The zero-order chi connectivity index (χ0) is 20.5. The molecular weight excluding hydrogens is 363 g/mol. The Labute approximate surface area is 174 Å². The van der Waals surface area contributed by atoms with E-state index in [2.05, 4.69) is 44.1 Å². The van der Waals surface area contributed by atoms with E-state index >= 15 is 0 Å². The highest BCUT2D eigenvalue weighted by molar-refractivity contribution is 6.62. The van der Waals surface area contributed by atoms with Crippen molar-refractivity contribution in [2.75, 3.05) is 5.32 Å². The molecule has 1 aromatic heterocycles. The second-order valence-corrected chi connectivity index (χ2v) is 9.12. The maximum absolute atomic E-state index is 6.10. The van der Waals surface area contributed by atoms with Crippen molar-refractivity contribution < 1.29 is 14.0 Å². The second-order valence-electron chi connectivity index (χ2n) is 9.12. The van der Waals surface area contributed by atoms with E-state index in [9.17, 15) is 0 Å². The molecule has 2 heterocycles. The normalized spacial score (nSPS) is 20.8. The van der Waals surface area contributed by atoms with Crippen LogP contribution in [-0.2, 0) is 15.9 Å². The van der Waals surface area contributed by atoms with Crippen LogP contribution in [0.2, 0.25) is 0 Å². The average Bonchev–Trinajstić information content (AvgIpc) is 3.27. The summed E-state index contributed by atoms with van der Waals surface area (Å²) in [4.78, 5) is 4.52. The van der Waals surface area contributed by atoms with Gasteiger partial charge in [-0.1, -0.05) is 31.0 Å². The first-order valence-corrected chi connectivity index (χ1v) is 10.6. The third-order valence-electron chi connectivity index (χ3n) is 6.34. The van der Waals surface area contributed by atoms with Crippen LogP contribution in [0, 0.1) is 0 Å². The number of rotatable bonds is 6. The fourth-order valence-corrected chi connectivity index (χ4v) is 3.74. The Bertz CT molecular complexity index is 799. The number of hydrogen-bond acceptors (Lipinski definition) is 5. The zero-order valence-electron chi connectivity index (χ0n) is 17.9. The van der Waals surface area contributed by atoms with Crippen LogP contribution in [0.25, 0.3) is 0 Å². The maximum Gasteiger partial charge on any atom is 0.494 e. The van der Waals surface area contributed by atoms with Gasteiger partial charge in [0.05, 0.1) is 11.2 Å². The first-order valence-electron chi connectivity index (χ1n) is 10.6. The molecule has 1 saturated carbocycles. The van der Waals surface area contributed by atoms with Gasteiger partial charge in [-0.3, -0.25) is 0 Å². The molecule has 0 radical (unpaired) electrons. The quantitative estimate of drug-likeness (QED) is 0.740. The minimum absolute atomic E-state index is 0.335. The highest BCUT2D eigenvalue weighted by atomic mass is 16.7. The summed E-state index contributed by atoms with van der Waals surface area (Å²) in [6.45, 7) is 8.74. The van der Waals surface area contributed by atoms with Crippen LogP contribution in [0.1, 0.15) is 58.9 Å². The van der Waals surface area contributed by atoms with Crippen molar-refractivity contribution >= 4 is 18.4 Å². The standard InChI is InChI=1S/C23H31BN2O3/c1-22(2)23(3,4)29-24(28-22)18-10-12-20(13-11-18)27-16-17-9-14-21(25-15-17)26-19-7-5-6-8-19/h9-15,19H,5-8,16H2,1-4H3,(H,25,26). The lowest BCUT2D eigenvalue weighted by Crippen LogP contribution is -2.41. The van der Waals surface area contributed by atoms with Crippen LogP contribution in [-0.4, -0.2) is 29.3 Å². The van der Waals surface area contributed by atoms with Gasteiger partial charge in [0.25, 0.3) is 0 Å². The SMILES string of the molecule is CC1(C)OB(c2ccc(OCc3ccc(NC4CCCC4)nc3)cc2)OC1(C)C. The van der Waals surface area contributed by atoms with Crippen LogP contribution >= 0.6 is 0 Å². The van der Waals surface area contributed by atoms with E-state index in [1.54, 1.807) is 0 Å². The number of anilines is 1. The Morgan fingerprint density at radius 2 is 1.66 bits per heavy atom. The summed E-state index contributed by atoms with van der Waals surface area (Å²) >= 11 is 0. The van der Waals surface area contributed by atoms with E-state index in [0.29, 0.717) is 12.6 Å². The molecule has 2 aliphatic rings. The number of nitrogens with zero attached hydrogens (tertiary/aromatic N) is 1. The number of pyridine rings is 1. The number of hydrogen-bond donors (Lipinski definition) is 1. The first-order chi connectivity index (χ1) is 13.8. The predicted octanol–water partition coefficient (Wildman–Crippen LogP) is 4.31. The lowest BCUT2D eigenvalue weighted by atomic mass is 9.79. The van der Waals surface area contributed by atoms with E-state index in [0.717, 1.165) is 22.6 Å². The molecular formula is C23H31BN2O3. The topological polar surface area (TPSA) is 52.6 Å². The Balaban J connectivity index is 1.30. The molecule has 2 fully saturated rings. The Hall–Kier alpha value is -2.05. The minimum Gasteiger partial charge on any atom is -0.489 e. The van der Waals surface area contributed by atoms with Crippen LogP contribution in [0.15, 0.2) is 42.6 Å². The van der Waals surface area contributed by atoms with Crippen LogP contribution in [0.5, 0.6) is 5.75 Å². The molecule has 0 amide bonds. The van der Waals surface area contributed by atoms with Gasteiger partial charge >= 0.3 is 7.12 Å². The average molecular weight is 394 g/mol. The van der Waals surface area contributed by atoms with Gasteiger partial charge in [-0.05, 0) is 64.2 Å². The van der Waals surface area contributed by atoms with Gasteiger partial charge in [-0.15, -0.1) is 0 Å². The molecule has 0 unspecified atom stereocenters. The monoisotopic (exact) mass is 394 g/mol. The largest absolute Gasteiger partial charge is 0.494 e. The van der Waals surface area contributed by atoms with E-state index < -0.39 is 0 Å². The fourth-order valence-electron chi connectivity index (χ4n) is 3.74. The van der Waals surface area contributed by atoms with E-state index in [1.807, 2.05) is 36.5 Å². The summed E-state index contributed by atoms with van der Waals surface area (Å²) in [7, 11) is -0.349. The van der Waals surface area contributed by atoms with Crippen molar-refractivity contribution in [1.29, 1.82) is 0 Å². The van der Waals surface area contributed by atoms with E-state index in [1.165, 1.54) is 25.7 Å². The van der Waals surface area contributed by atoms with Gasteiger partial charge < -0.3 is 19.4 Å². The van der Waals surface area contributed by atoms with Gasteiger partial charge in [0, 0.05) is 17.8 Å². The first kappa shape index (κ1) is 20.2. The maximum atomic E-state index is 6.10. The van der Waals surface area contributed by atoms with Crippen LogP contribution < -0.4 is 15.5 Å². The summed E-state index contributed by atoms with van der Waals surface area (Å²) in [6.07, 6.45) is 7.01. The van der Waals surface area contributed by atoms with Crippen LogP contribution in [0.3, 0.4) is 0 Å². The summed E-state index contributed by atoms with van der Waals surface area (Å²) in [5.74, 6) is 1.77. The molecule has 5 nitrogen and oxygen atoms in total. The molecule has 6 heteroatoms. The number of benzene rings is 1. The molecule has 1 aliphatic heterocycles. The third kappa shape index (κ3) is 4.59. The molecule has 4 rings (SSSR count). The van der Waals surface area contributed by atoms with Crippen molar-refractivity contribution in [1.82, 2.24) is 4.98 Å². The summed E-state index contributed by atoms with van der Waals surface area (Å²) in [5, 5.41) is 3.51. The van der Waals surface area contributed by atoms with Crippen LogP contribution in [0.4, 0.5) is 5.82 Å². The molecule has 0 atom stereocenters. The van der Waals surface area contributed by atoms with Crippen molar-refractivity contribution in [2.24, 2.45) is 0 Å². The molecule has 29 heavy (non-hydrogen) atoms. The van der Waals surface area contributed by atoms with E-state index in [-0.39, 0.29) is 18.3 Å². The third-order valence-corrected chi connectivity index (χ3v) is 6.34. The lowest BCUT2D eigenvalue weighted by Gasteiger charge is -2.32. The Morgan fingerprint density at radius 1 is 1.00 bits per heavy atom. The minimum atomic E-state index is -0.349. The number of aromatic nitrogens is 1. The molecule has 0 bridgehead atoms. The van der Waals surface area contributed by atoms with Gasteiger partial charge in [-0.25, -0.2) is 4.98 Å². The number of ether oxygens (including phenoxy) is 1. The van der Waals surface area contributed by atoms with Crippen molar-refractivity contribution in [3.63, 3.8) is 0 Å². The molecule has 1 aliphatic carbocycles. The molecule has 1 N–H and O–H groups in total. The van der Waals surface area contributed by atoms with Gasteiger partial charge in [-0.2, -0.15) is 0 Å². The fraction of sp³-hybridized carbons (Fsp3) is 0.522. The molecule has 1 aromatic carbocycles. The molecule has 2 aromatic rings. The summed E-state index contributed by atoms with van der Waals surface area (Å²) in [6, 6.07) is 12.6. The smallest absolute Gasteiger partial charge is 0.489 e. The second kappa shape index (κ2) is 8.00. The van der Waals surface area contributed by atoms with Crippen molar-refractivity contribution in [3.05, 3.63) is 48.2 Å². The van der Waals surface area contributed by atoms with Crippen molar-refractivity contribution in [2.45, 2.75) is 77.2 Å². The number of nitrogens with one attached hydrogen (secondary N) is 1. The van der Waals surface area contributed by atoms with Crippen molar-refractivity contribution in [3.8, 4) is 5.75 Å². The molecule has 0 spiro atoms. The summed E-state index contributed by atoms with van der Waals surface area (Å²) < 4.78 is 18.1. The van der Waals surface area contributed by atoms with E-state index in [4.69, 9.17) is 14.0 Å². The molecule has 154 valence electrons. The lowest BCUT2D eigenvalue weighted by molar-refractivity contribution is 0.00578. The predicted molar refractivity (Wildman–Crippen MR) is 117 cm³/mol. The Kier molecular flexibility index (Phi) is 5.58. The highest BCUT2D eigenvalue weighted by Gasteiger charge is 2.51. The van der Waals surface area contributed by atoms with Gasteiger partial charge in [0.2, 0.25) is 0 Å². The molecule has 1 saturated heterocycles. The van der Waals surface area contributed by atoms with Gasteiger partial charge in [0.1, 0.15) is 18.2 Å².